The highest BCUT2D eigenvalue weighted by Gasteiger charge is 2.36. The molecule has 2 aromatic carbocycles. The molecular weight excluding hydrogens is 448 g/mol. The maximum atomic E-state index is 13.4. The van der Waals surface area contributed by atoms with E-state index in [0.29, 0.717) is 29.6 Å². The van der Waals surface area contributed by atoms with Crippen molar-refractivity contribution in [2.24, 2.45) is 0 Å². The average molecular weight is 469 g/mol. The topological polar surface area (TPSA) is 94.0 Å². The molecule has 2 heterocycles. The van der Waals surface area contributed by atoms with Crippen LogP contribution in [0, 0.1) is 6.92 Å². The number of benzene rings is 2. The van der Waals surface area contributed by atoms with Crippen LogP contribution in [-0.2, 0) is 4.79 Å². The molecule has 0 aliphatic carbocycles. The first-order chi connectivity index (χ1) is 14.5. The summed E-state index contributed by atoms with van der Waals surface area (Å²) < 4.78 is 8.32. The number of amides is 1. The third kappa shape index (κ3) is 3.80. The zero-order chi connectivity index (χ0) is 21.3. The van der Waals surface area contributed by atoms with E-state index in [1.165, 1.54) is 0 Å². The van der Waals surface area contributed by atoms with Crippen LogP contribution < -0.4 is 15.4 Å². The van der Waals surface area contributed by atoms with Gasteiger partial charge in [-0.3, -0.25) is 4.79 Å². The zero-order valence-electron chi connectivity index (χ0n) is 16.8. The Hall–Kier alpha value is -3.20. The highest BCUT2D eigenvalue weighted by atomic mass is 79.9. The Morgan fingerprint density at radius 2 is 2.10 bits per heavy atom. The lowest BCUT2D eigenvalue weighted by atomic mass is 9.94. The summed E-state index contributed by atoms with van der Waals surface area (Å²) in [5, 5.41) is 18.1. The molecule has 0 radical (unpaired) electrons. The summed E-state index contributed by atoms with van der Waals surface area (Å²) in [6.45, 7) is 6.24. The van der Waals surface area contributed by atoms with Crippen LogP contribution in [0.25, 0.3) is 0 Å². The maximum absolute atomic E-state index is 13.4. The highest BCUT2D eigenvalue weighted by Crippen LogP contribution is 2.40. The van der Waals surface area contributed by atoms with Crippen LogP contribution in [0.5, 0.6) is 5.75 Å². The van der Waals surface area contributed by atoms with Crippen LogP contribution in [0.2, 0.25) is 0 Å². The van der Waals surface area contributed by atoms with Crippen molar-refractivity contribution in [3.63, 3.8) is 0 Å². The van der Waals surface area contributed by atoms with Crippen LogP contribution >= 0.6 is 15.9 Å². The van der Waals surface area contributed by atoms with E-state index < -0.39 is 6.04 Å². The molecule has 30 heavy (non-hydrogen) atoms. The number of carbonyl (C=O) groups excluding carboxylic acids is 1. The second-order valence-corrected chi connectivity index (χ2v) is 7.87. The third-order valence-electron chi connectivity index (χ3n) is 4.80. The van der Waals surface area contributed by atoms with Gasteiger partial charge in [0, 0.05) is 21.4 Å². The molecule has 4 rings (SSSR count). The number of hydrogen-bond donors (Lipinski definition) is 2. The van der Waals surface area contributed by atoms with Crippen molar-refractivity contribution in [3.8, 4) is 5.75 Å². The molecule has 0 saturated heterocycles. The average Bonchev–Trinajstić information content (AvgIpc) is 3.16. The van der Waals surface area contributed by atoms with Crippen molar-refractivity contribution in [2.75, 3.05) is 17.2 Å². The minimum absolute atomic E-state index is 0.237. The predicted molar refractivity (Wildman–Crippen MR) is 117 cm³/mol. The molecule has 0 bridgehead atoms. The summed E-state index contributed by atoms with van der Waals surface area (Å²) in [7, 11) is 0. The van der Waals surface area contributed by atoms with Crippen molar-refractivity contribution in [1.82, 2.24) is 20.2 Å². The first kappa shape index (κ1) is 20.1. The number of allylic oxidation sites excluding steroid dienone is 1. The number of anilines is 2. The Labute approximate surface area is 182 Å². The van der Waals surface area contributed by atoms with E-state index in [4.69, 9.17) is 4.74 Å². The molecule has 3 aromatic rings. The van der Waals surface area contributed by atoms with Crippen LogP contribution in [0.4, 0.5) is 11.6 Å². The quantitative estimate of drug-likeness (QED) is 0.585. The number of ether oxygens (including phenoxy) is 1. The molecule has 1 atom stereocenters. The van der Waals surface area contributed by atoms with Gasteiger partial charge in [-0.05, 0) is 67.1 Å². The van der Waals surface area contributed by atoms with Crippen molar-refractivity contribution < 1.29 is 9.53 Å². The van der Waals surface area contributed by atoms with Crippen molar-refractivity contribution in [2.45, 2.75) is 26.8 Å². The van der Waals surface area contributed by atoms with E-state index in [1.807, 2.05) is 63.2 Å². The lowest BCUT2D eigenvalue weighted by Crippen LogP contribution is -2.31. The Kier molecular flexibility index (Phi) is 5.54. The fraction of sp³-hybridized carbons (Fsp3) is 0.238. The number of hydrogen-bond acceptors (Lipinski definition) is 6. The maximum Gasteiger partial charge on any atom is 0.255 e. The second-order valence-electron chi connectivity index (χ2n) is 6.95. The molecule has 1 aliphatic heterocycles. The Morgan fingerprint density at radius 1 is 1.27 bits per heavy atom. The second kappa shape index (κ2) is 8.27. The molecule has 8 nitrogen and oxygen atoms in total. The predicted octanol–water partition coefficient (Wildman–Crippen LogP) is 4.07. The highest BCUT2D eigenvalue weighted by molar-refractivity contribution is 9.10. The van der Waals surface area contributed by atoms with Gasteiger partial charge < -0.3 is 15.4 Å². The smallest absolute Gasteiger partial charge is 0.255 e. The fourth-order valence-corrected chi connectivity index (χ4v) is 3.91. The molecule has 1 aromatic heterocycles. The molecule has 2 N–H and O–H groups in total. The third-order valence-corrected chi connectivity index (χ3v) is 5.29. The van der Waals surface area contributed by atoms with Gasteiger partial charge in [-0.25, -0.2) is 0 Å². The first-order valence-corrected chi connectivity index (χ1v) is 10.3. The van der Waals surface area contributed by atoms with Gasteiger partial charge in [-0.1, -0.05) is 33.2 Å². The normalized spacial score (nSPS) is 15.4. The summed E-state index contributed by atoms with van der Waals surface area (Å²) in [6.07, 6.45) is 0. The molecule has 1 amide bonds. The number of tetrazole rings is 1. The van der Waals surface area contributed by atoms with Crippen molar-refractivity contribution in [3.05, 3.63) is 69.3 Å². The number of halogens is 1. The van der Waals surface area contributed by atoms with Crippen molar-refractivity contribution >= 4 is 33.5 Å². The van der Waals surface area contributed by atoms with Gasteiger partial charge in [0.05, 0.1) is 12.2 Å². The first-order valence-electron chi connectivity index (χ1n) is 9.54. The molecule has 9 heteroatoms. The minimum atomic E-state index is -0.555. The van der Waals surface area contributed by atoms with E-state index in [-0.39, 0.29) is 5.91 Å². The van der Waals surface area contributed by atoms with Crippen LogP contribution in [0.3, 0.4) is 0 Å². The molecule has 0 fully saturated rings. The molecular formula is C21H21BrN6O2. The van der Waals surface area contributed by atoms with Crippen LogP contribution in [0.1, 0.15) is 31.0 Å². The Balaban J connectivity index is 1.82. The Morgan fingerprint density at radius 3 is 2.87 bits per heavy atom. The van der Waals surface area contributed by atoms with Gasteiger partial charge in [-0.15, -0.1) is 0 Å². The summed E-state index contributed by atoms with van der Waals surface area (Å²) in [4.78, 5) is 13.4. The number of aromatic nitrogens is 4. The van der Waals surface area contributed by atoms with E-state index in [2.05, 4.69) is 42.1 Å². The minimum Gasteiger partial charge on any atom is -0.494 e. The van der Waals surface area contributed by atoms with Crippen LogP contribution in [0.15, 0.2) is 58.2 Å². The number of aryl methyl sites for hydroxylation is 1. The summed E-state index contributed by atoms with van der Waals surface area (Å²) in [6, 6.07) is 12.8. The molecule has 0 saturated carbocycles. The number of nitrogens with zero attached hydrogens (tertiary/aromatic N) is 4. The van der Waals surface area contributed by atoms with Gasteiger partial charge in [0.2, 0.25) is 5.95 Å². The monoisotopic (exact) mass is 468 g/mol. The van der Waals surface area contributed by atoms with Gasteiger partial charge in [0.15, 0.2) is 0 Å². The van der Waals surface area contributed by atoms with E-state index in [9.17, 15) is 4.79 Å². The van der Waals surface area contributed by atoms with Crippen molar-refractivity contribution in [1.29, 1.82) is 0 Å². The largest absolute Gasteiger partial charge is 0.494 e. The molecule has 1 aliphatic rings. The van der Waals surface area contributed by atoms with Gasteiger partial charge in [0.25, 0.3) is 5.91 Å². The molecule has 1 unspecified atom stereocenters. The van der Waals surface area contributed by atoms with E-state index >= 15 is 0 Å². The Bertz CT molecular complexity index is 1140. The number of fused-ring (bicyclic) bond motifs is 1. The van der Waals surface area contributed by atoms with Gasteiger partial charge in [0.1, 0.15) is 11.8 Å². The fourth-order valence-electron chi connectivity index (χ4n) is 3.54. The van der Waals surface area contributed by atoms with E-state index in [0.717, 1.165) is 21.3 Å². The molecule has 0 spiro atoms. The van der Waals surface area contributed by atoms with E-state index in [1.54, 1.807) is 4.68 Å². The summed E-state index contributed by atoms with van der Waals surface area (Å²) in [5.74, 6) is 0.897. The standard InChI is InChI=1S/C21H21BrN6O2/c1-4-30-17-9-8-14(22)11-16(17)19-18(13(3)23-21-25-26-27-28(19)21)20(29)24-15-7-5-6-12(2)10-15/h5-11,19H,4H2,1-3H3,(H,24,29)(H,23,25,27). The number of rotatable bonds is 5. The summed E-state index contributed by atoms with van der Waals surface area (Å²) >= 11 is 3.53. The molecule has 154 valence electrons. The number of carbonyl (C=O) groups is 1. The number of nitrogens with one attached hydrogen (secondary N) is 2. The summed E-state index contributed by atoms with van der Waals surface area (Å²) in [5.41, 5.74) is 3.76. The SMILES string of the molecule is CCOc1ccc(Br)cc1C1C(C(=O)Nc2cccc(C)c2)=C(C)Nc2nnnn21. The zero-order valence-corrected chi connectivity index (χ0v) is 18.4. The van der Waals surface area contributed by atoms with Gasteiger partial charge in [-0.2, -0.15) is 4.68 Å². The van der Waals surface area contributed by atoms with Crippen LogP contribution in [-0.4, -0.2) is 32.7 Å². The van der Waals surface area contributed by atoms with Gasteiger partial charge >= 0.3 is 0 Å². The lowest BCUT2D eigenvalue weighted by molar-refractivity contribution is -0.113. The lowest BCUT2D eigenvalue weighted by Gasteiger charge is -2.29.